The minimum atomic E-state index is -1.10. The van der Waals surface area contributed by atoms with Crippen molar-refractivity contribution >= 4 is 23.4 Å². The first-order chi connectivity index (χ1) is 20.9. The molecule has 3 aliphatic heterocycles. The number of carbonyl (C=O) groups excluding carboxylic acids is 1. The van der Waals surface area contributed by atoms with Crippen LogP contribution in [0.25, 0.3) is 0 Å². The maximum Gasteiger partial charge on any atom is 0.356 e. The number of aryl methyl sites for hydroxylation is 1. The van der Waals surface area contributed by atoms with Crippen LogP contribution in [0, 0.1) is 23.2 Å². The second-order valence-corrected chi connectivity index (χ2v) is 11.3. The van der Waals surface area contributed by atoms with Gasteiger partial charge in [0.25, 0.3) is 0 Å². The van der Waals surface area contributed by atoms with E-state index in [-0.39, 0.29) is 11.6 Å². The lowest BCUT2D eigenvalue weighted by atomic mass is 9.98. The number of carboxylic acid groups (broad SMARTS) is 1. The Hall–Kier alpha value is -4.74. The molecule has 0 saturated carbocycles. The SMILES string of the molecule is CC(=O)N1CCc2c(c(N3CCCc4cc(C#N)ccc43)nn2C2CCN(CCC#Cc3ccc(C(=O)O)nn3)CC2)C1. The summed E-state index contributed by atoms with van der Waals surface area (Å²) < 4.78 is 2.26. The van der Waals surface area contributed by atoms with Gasteiger partial charge in [0.05, 0.1) is 24.2 Å². The molecule has 43 heavy (non-hydrogen) atoms. The smallest absolute Gasteiger partial charge is 0.356 e. The van der Waals surface area contributed by atoms with Crippen LogP contribution in [-0.4, -0.2) is 79.5 Å². The summed E-state index contributed by atoms with van der Waals surface area (Å²) in [5.74, 6) is 6.04. The van der Waals surface area contributed by atoms with Crippen LogP contribution in [0.2, 0.25) is 0 Å². The van der Waals surface area contributed by atoms with Crippen LogP contribution in [0.1, 0.15) is 77.2 Å². The number of fused-ring (bicyclic) bond motifs is 2. The molecule has 11 heteroatoms. The molecule has 6 rings (SSSR count). The topological polar surface area (TPSA) is 131 Å². The molecule has 0 spiro atoms. The van der Waals surface area contributed by atoms with Crippen LogP contribution in [0.3, 0.4) is 0 Å². The van der Waals surface area contributed by atoms with Crippen LogP contribution >= 0.6 is 0 Å². The molecule has 0 atom stereocenters. The predicted molar refractivity (Wildman–Crippen MR) is 159 cm³/mol. The largest absolute Gasteiger partial charge is 0.476 e. The number of nitrogens with zero attached hydrogens (tertiary/aromatic N) is 8. The zero-order chi connectivity index (χ0) is 29.9. The van der Waals surface area contributed by atoms with Crippen molar-refractivity contribution in [2.45, 2.75) is 58.0 Å². The highest BCUT2D eigenvalue weighted by atomic mass is 16.4. The van der Waals surface area contributed by atoms with Gasteiger partial charge in [-0.05, 0) is 67.5 Å². The highest BCUT2D eigenvalue weighted by Crippen LogP contribution is 2.39. The maximum absolute atomic E-state index is 12.3. The number of piperidine rings is 1. The molecular formula is C32H34N8O3. The highest BCUT2D eigenvalue weighted by Gasteiger charge is 2.33. The van der Waals surface area contributed by atoms with E-state index in [1.807, 2.05) is 23.1 Å². The van der Waals surface area contributed by atoms with Crippen molar-refractivity contribution in [3.05, 3.63) is 64.1 Å². The van der Waals surface area contributed by atoms with Gasteiger partial charge in [0.2, 0.25) is 5.91 Å². The lowest BCUT2D eigenvalue weighted by molar-refractivity contribution is -0.129. The Morgan fingerprint density at radius 1 is 1.07 bits per heavy atom. The monoisotopic (exact) mass is 578 g/mol. The van der Waals surface area contributed by atoms with Gasteiger partial charge >= 0.3 is 5.97 Å². The number of carboxylic acids is 1. The first kappa shape index (κ1) is 28.4. The van der Waals surface area contributed by atoms with E-state index in [0.29, 0.717) is 36.8 Å². The third-order valence-electron chi connectivity index (χ3n) is 8.65. The summed E-state index contributed by atoms with van der Waals surface area (Å²) in [4.78, 5) is 29.9. The second kappa shape index (κ2) is 12.2. The number of carbonyl (C=O) groups is 2. The second-order valence-electron chi connectivity index (χ2n) is 11.3. The molecule has 11 nitrogen and oxygen atoms in total. The minimum absolute atomic E-state index is 0.0859. The number of anilines is 2. The number of aromatic carboxylic acids is 1. The highest BCUT2D eigenvalue weighted by molar-refractivity contribution is 5.85. The Kier molecular flexibility index (Phi) is 8.08. The fourth-order valence-electron chi connectivity index (χ4n) is 6.37. The van der Waals surface area contributed by atoms with E-state index in [9.17, 15) is 14.9 Å². The number of amides is 1. The fraction of sp³-hybridized carbons (Fsp3) is 0.438. The number of benzene rings is 1. The summed E-state index contributed by atoms with van der Waals surface area (Å²) in [5.41, 5.74) is 5.73. The fourth-order valence-corrected chi connectivity index (χ4v) is 6.37. The molecule has 1 fully saturated rings. The maximum atomic E-state index is 12.3. The molecule has 1 saturated heterocycles. The van der Waals surface area contributed by atoms with Gasteiger partial charge in [-0.15, -0.1) is 10.2 Å². The predicted octanol–water partition coefficient (Wildman–Crippen LogP) is 3.31. The van der Waals surface area contributed by atoms with E-state index < -0.39 is 5.97 Å². The van der Waals surface area contributed by atoms with Gasteiger partial charge in [-0.1, -0.05) is 5.92 Å². The minimum Gasteiger partial charge on any atom is -0.476 e. The number of rotatable bonds is 5. The Labute approximate surface area is 250 Å². The van der Waals surface area contributed by atoms with Gasteiger partial charge in [0.15, 0.2) is 11.5 Å². The summed E-state index contributed by atoms with van der Waals surface area (Å²) in [6.07, 6.45) is 5.39. The number of nitriles is 1. The van der Waals surface area contributed by atoms with Crippen molar-refractivity contribution in [3.8, 4) is 17.9 Å². The van der Waals surface area contributed by atoms with Crippen molar-refractivity contribution in [3.63, 3.8) is 0 Å². The van der Waals surface area contributed by atoms with Crippen molar-refractivity contribution < 1.29 is 14.7 Å². The summed E-state index contributed by atoms with van der Waals surface area (Å²) in [6, 6.07) is 11.5. The Bertz CT molecular complexity index is 1640. The van der Waals surface area contributed by atoms with Gasteiger partial charge in [-0.3, -0.25) is 9.48 Å². The molecule has 1 aromatic carbocycles. The number of hydrogen-bond acceptors (Lipinski definition) is 8. The Balaban J connectivity index is 1.16. The number of likely N-dealkylation sites (tertiary alicyclic amines) is 1. The standard InChI is InChI=1S/C32H34N8O3/c1-22(41)38-18-13-30-27(21-38)31(39-15-4-5-24-19-23(20-33)7-10-29(24)39)36-40(30)26-11-16-37(17-12-26)14-3-2-6-25-8-9-28(32(42)43)35-34-25/h7-10,19,26H,3-5,11-18,21H2,1H3,(H,42,43). The van der Waals surface area contributed by atoms with E-state index in [1.165, 1.54) is 17.3 Å². The van der Waals surface area contributed by atoms with E-state index >= 15 is 0 Å². The van der Waals surface area contributed by atoms with E-state index in [2.05, 4.69) is 42.6 Å². The number of aromatic nitrogens is 4. The van der Waals surface area contributed by atoms with Crippen LogP contribution in [-0.2, 0) is 24.2 Å². The summed E-state index contributed by atoms with van der Waals surface area (Å²) in [6.45, 7) is 6.53. The molecule has 3 aliphatic rings. The van der Waals surface area contributed by atoms with Crippen molar-refractivity contribution in [1.29, 1.82) is 5.26 Å². The Morgan fingerprint density at radius 3 is 2.63 bits per heavy atom. The summed E-state index contributed by atoms with van der Waals surface area (Å²) >= 11 is 0. The van der Waals surface area contributed by atoms with E-state index in [0.717, 1.165) is 75.4 Å². The van der Waals surface area contributed by atoms with Crippen LogP contribution in [0.15, 0.2) is 30.3 Å². The number of hydrogen-bond donors (Lipinski definition) is 1. The molecule has 2 aromatic heterocycles. The average molecular weight is 579 g/mol. The molecule has 0 bridgehead atoms. The summed E-state index contributed by atoms with van der Waals surface area (Å²) in [7, 11) is 0. The molecule has 3 aromatic rings. The van der Waals surface area contributed by atoms with E-state index in [4.69, 9.17) is 10.2 Å². The molecule has 0 radical (unpaired) electrons. The third-order valence-corrected chi connectivity index (χ3v) is 8.65. The normalized spacial score (nSPS) is 16.9. The first-order valence-electron chi connectivity index (χ1n) is 14.9. The molecule has 0 aliphatic carbocycles. The molecule has 220 valence electrons. The Morgan fingerprint density at radius 2 is 1.91 bits per heavy atom. The van der Waals surface area contributed by atoms with Gasteiger partial charge in [0, 0.05) is 69.4 Å². The average Bonchev–Trinajstić information content (AvgIpc) is 3.41. The van der Waals surface area contributed by atoms with Crippen molar-refractivity contribution in [2.24, 2.45) is 0 Å². The quantitative estimate of drug-likeness (QED) is 0.453. The lowest BCUT2D eigenvalue weighted by Gasteiger charge is -2.33. The van der Waals surface area contributed by atoms with Gasteiger partial charge in [-0.2, -0.15) is 10.4 Å². The van der Waals surface area contributed by atoms with Crippen LogP contribution < -0.4 is 4.90 Å². The van der Waals surface area contributed by atoms with Gasteiger partial charge in [-0.25, -0.2) is 4.79 Å². The first-order valence-corrected chi connectivity index (χ1v) is 14.9. The van der Waals surface area contributed by atoms with Gasteiger partial charge in [0.1, 0.15) is 5.69 Å². The molecule has 5 heterocycles. The van der Waals surface area contributed by atoms with Crippen molar-refractivity contribution in [1.82, 2.24) is 29.8 Å². The van der Waals surface area contributed by atoms with Crippen molar-refractivity contribution in [2.75, 3.05) is 37.6 Å². The summed E-state index contributed by atoms with van der Waals surface area (Å²) in [5, 5.41) is 31.2. The zero-order valence-electron chi connectivity index (χ0n) is 24.3. The zero-order valence-corrected chi connectivity index (χ0v) is 24.3. The van der Waals surface area contributed by atoms with Crippen LogP contribution in [0.4, 0.5) is 11.5 Å². The lowest BCUT2D eigenvalue weighted by Crippen LogP contribution is -2.37. The van der Waals surface area contributed by atoms with Crippen LogP contribution in [0.5, 0.6) is 0 Å². The van der Waals surface area contributed by atoms with Gasteiger partial charge < -0.3 is 19.8 Å². The third kappa shape index (κ3) is 5.95. The van der Waals surface area contributed by atoms with E-state index in [1.54, 1.807) is 13.0 Å². The molecule has 1 amide bonds. The molecule has 1 N–H and O–H groups in total. The molecule has 0 unspecified atom stereocenters. The molecular weight excluding hydrogens is 544 g/mol.